The lowest BCUT2D eigenvalue weighted by Crippen LogP contribution is -2.59. The summed E-state index contributed by atoms with van der Waals surface area (Å²) >= 11 is 0. The van der Waals surface area contributed by atoms with E-state index in [1.165, 1.54) is 12.0 Å². The number of esters is 1. The van der Waals surface area contributed by atoms with Crippen LogP contribution in [0.1, 0.15) is 31.7 Å². The highest BCUT2D eigenvalue weighted by molar-refractivity contribution is 7.45. The first kappa shape index (κ1) is 27.8. The number of benzene rings is 1. The Balaban J connectivity index is 1.21. The van der Waals surface area contributed by atoms with Crippen LogP contribution in [0.2, 0.25) is 0 Å². The van der Waals surface area contributed by atoms with E-state index in [-0.39, 0.29) is 18.0 Å². The molecule has 0 unspecified atom stereocenters. The Kier molecular flexibility index (Phi) is 7.85. The minimum Gasteiger partial charge on any atom is -0.460 e. The number of aliphatic hydroxyl groups excluding tert-OH is 1. The van der Waals surface area contributed by atoms with Crippen LogP contribution in [0.3, 0.4) is 0 Å². The number of nitrogens with two attached hydrogens (primary N) is 1. The van der Waals surface area contributed by atoms with Gasteiger partial charge in [-0.05, 0) is 43.7 Å². The molecule has 4 fully saturated rings. The zero-order valence-electron chi connectivity index (χ0n) is 21.0. The van der Waals surface area contributed by atoms with Gasteiger partial charge in [-0.1, -0.05) is 30.3 Å². The van der Waals surface area contributed by atoms with E-state index in [1.54, 1.807) is 6.92 Å². The summed E-state index contributed by atoms with van der Waals surface area (Å²) in [6.07, 6.45) is -0.870. The van der Waals surface area contributed by atoms with Crippen molar-refractivity contribution < 1.29 is 42.0 Å². The molecule has 210 valence electrons. The van der Waals surface area contributed by atoms with Crippen LogP contribution in [-0.2, 0) is 34.7 Å². The zero-order valence-corrected chi connectivity index (χ0v) is 21.9. The van der Waals surface area contributed by atoms with E-state index in [0.717, 1.165) is 35.9 Å². The molecular weight excluding hydrogens is 537 g/mol. The zero-order chi connectivity index (χ0) is 27.8. The molecule has 5 atom stereocenters. The van der Waals surface area contributed by atoms with Gasteiger partial charge < -0.3 is 29.4 Å². The number of aliphatic imine (C=N–C) groups is 1. The molecule has 39 heavy (non-hydrogen) atoms. The third-order valence-electron chi connectivity index (χ3n) is 7.10. The van der Waals surface area contributed by atoms with Gasteiger partial charge in [-0.3, -0.25) is 9.69 Å². The summed E-state index contributed by atoms with van der Waals surface area (Å²) in [5.74, 6) is -2.85. The van der Waals surface area contributed by atoms with Crippen LogP contribution in [0.4, 0.5) is 8.78 Å². The van der Waals surface area contributed by atoms with Gasteiger partial charge in [0.25, 0.3) is 8.53 Å². The van der Waals surface area contributed by atoms with Crippen LogP contribution in [0.25, 0.3) is 0 Å². The summed E-state index contributed by atoms with van der Waals surface area (Å²) in [5, 5.41) is 13.4. The van der Waals surface area contributed by atoms with Crippen molar-refractivity contribution in [3.05, 3.63) is 54.0 Å². The predicted molar refractivity (Wildman–Crippen MR) is 134 cm³/mol. The third-order valence-corrected chi connectivity index (χ3v) is 8.63. The Morgan fingerprint density at radius 2 is 2.08 bits per heavy atom. The molecule has 11 nitrogen and oxygen atoms in total. The largest absolute Gasteiger partial charge is 0.460 e. The third kappa shape index (κ3) is 5.76. The fourth-order valence-electron chi connectivity index (χ4n) is 4.80. The van der Waals surface area contributed by atoms with Crippen LogP contribution >= 0.6 is 8.53 Å². The number of nitrogens with zero attached hydrogens (tertiary/aromatic N) is 2. The maximum Gasteiger partial charge on any atom is 0.323 e. The van der Waals surface area contributed by atoms with Gasteiger partial charge in [-0.25, -0.2) is 14.9 Å². The molecule has 3 saturated carbocycles. The maximum atomic E-state index is 15.0. The molecule has 14 heteroatoms. The normalized spacial score (nSPS) is 31.9. The molecule has 5 aliphatic rings. The van der Waals surface area contributed by atoms with Gasteiger partial charge in [0, 0.05) is 6.20 Å². The van der Waals surface area contributed by atoms with Gasteiger partial charge >= 0.3 is 11.9 Å². The first-order valence-corrected chi connectivity index (χ1v) is 13.6. The van der Waals surface area contributed by atoms with Gasteiger partial charge in [0.15, 0.2) is 12.0 Å². The summed E-state index contributed by atoms with van der Waals surface area (Å²) in [6, 6.07) is 8.37. The second-order valence-corrected chi connectivity index (χ2v) is 11.3. The van der Waals surface area contributed by atoms with Crippen molar-refractivity contribution in [3.8, 4) is 0 Å². The monoisotopic (exact) mass is 566 g/mol. The van der Waals surface area contributed by atoms with Crippen molar-refractivity contribution in [2.24, 2.45) is 16.6 Å². The smallest absolute Gasteiger partial charge is 0.323 e. The van der Waals surface area contributed by atoms with Crippen molar-refractivity contribution in [3.63, 3.8) is 0 Å². The number of aliphatic hydroxyl groups is 1. The molecule has 2 bridgehead atoms. The standard InChI is InChI=1S/C25H29F2N4O7P/c1-15(22(34)35-13-16-5-3-2-4-6-16)30-39(38-24-9-17(10-24)11-24)36-14-18-21(33)25(26,27)23(37-18)31-8-7-19(28)29-20(31)12-32/h2-8,15,17-18,21,23,30,33H,9-11,13-14H2,1H3,(H2,28,29)/t15-,17?,18+,21+,23+,24?,39-/m0/s1. The minimum atomic E-state index is -3.79. The average molecular weight is 566 g/mol. The molecule has 1 aromatic carbocycles. The van der Waals surface area contributed by atoms with E-state index in [4.69, 9.17) is 24.3 Å². The first-order valence-electron chi connectivity index (χ1n) is 12.5. The first-order chi connectivity index (χ1) is 18.6. The Morgan fingerprint density at radius 3 is 2.72 bits per heavy atom. The number of ether oxygens (including phenoxy) is 2. The number of halogens is 2. The molecule has 0 radical (unpaired) electrons. The Morgan fingerprint density at radius 1 is 1.36 bits per heavy atom. The molecule has 6 rings (SSSR count). The highest BCUT2D eigenvalue weighted by atomic mass is 31.2. The highest BCUT2D eigenvalue weighted by Crippen LogP contribution is 2.64. The fourth-order valence-corrected chi connectivity index (χ4v) is 6.26. The van der Waals surface area contributed by atoms with Crippen LogP contribution in [0.5, 0.6) is 0 Å². The topological polar surface area (TPSA) is 145 Å². The molecule has 2 aliphatic heterocycles. The average Bonchev–Trinajstić information content (AvgIpc) is 3.10. The molecule has 1 aromatic rings. The summed E-state index contributed by atoms with van der Waals surface area (Å²) in [4.78, 5) is 28.3. The van der Waals surface area contributed by atoms with Gasteiger partial charge in [-0.2, -0.15) is 8.78 Å². The summed E-state index contributed by atoms with van der Waals surface area (Å²) in [6.45, 7) is 1.21. The maximum absolute atomic E-state index is 15.0. The number of carbonyl (C=O) groups is 1. The second-order valence-electron chi connectivity index (χ2n) is 10.1. The number of alkyl halides is 2. The van der Waals surface area contributed by atoms with E-state index >= 15 is 8.78 Å². The SMILES string of the molecule is C[C@H](N[P@@](OC[C@H]1O[C@@H](N2C=CC(N)=NC2=C=O)C(F)(F)[C@@H]1O)OC12CC(C1)C2)C(=O)OCc1ccccc1. The van der Waals surface area contributed by atoms with E-state index in [1.807, 2.05) is 30.3 Å². The number of hydrogen-bond donors (Lipinski definition) is 3. The van der Waals surface area contributed by atoms with Crippen LogP contribution in [-0.4, -0.2) is 70.4 Å². The number of carbonyl (C=O) groups excluding carboxylic acids is 2. The number of hydrogen-bond acceptors (Lipinski definition) is 11. The van der Waals surface area contributed by atoms with E-state index in [0.29, 0.717) is 5.92 Å². The van der Waals surface area contributed by atoms with Crippen LogP contribution in [0, 0.1) is 5.92 Å². The molecule has 0 aromatic heterocycles. The van der Waals surface area contributed by atoms with E-state index in [9.17, 15) is 14.7 Å². The summed E-state index contributed by atoms with van der Waals surface area (Å²) in [5.41, 5.74) is 6.00. The molecule has 0 spiro atoms. The molecule has 3 aliphatic carbocycles. The molecule has 0 amide bonds. The predicted octanol–water partition coefficient (Wildman–Crippen LogP) is 2.10. The molecule has 1 saturated heterocycles. The lowest BCUT2D eigenvalue weighted by molar-refractivity contribution is -0.172. The van der Waals surface area contributed by atoms with E-state index in [2.05, 4.69) is 10.1 Å². The number of nitrogens with one attached hydrogen (secondary N) is 1. The summed E-state index contributed by atoms with van der Waals surface area (Å²) in [7, 11) is -1.94. The van der Waals surface area contributed by atoms with Gasteiger partial charge in [0.2, 0.25) is 12.0 Å². The van der Waals surface area contributed by atoms with Crippen molar-refractivity contribution >= 4 is 26.3 Å². The van der Waals surface area contributed by atoms with Crippen molar-refractivity contribution in [1.82, 2.24) is 9.99 Å². The van der Waals surface area contributed by atoms with E-state index < -0.39 is 57.3 Å². The quantitative estimate of drug-likeness (QED) is 0.207. The van der Waals surface area contributed by atoms with Crippen LogP contribution in [0.15, 0.2) is 53.4 Å². The fraction of sp³-hybridized carbons (Fsp3) is 0.520. The summed E-state index contributed by atoms with van der Waals surface area (Å²) < 4.78 is 52.8. The van der Waals surface area contributed by atoms with Gasteiger partial charge in [0.05, 0.1) is 12.2 Å². The lowest BCUT2D eigenvalue weighted by Gasteiger charge is -2.61. The van der Waals surface area contributed by atoms with Gasteiger partial charge in [-0.15, -0.1) is 0 Å². The number of amidine groups is 1. The van der Waals surface area contributed by atoms with Crippen molar-refractivity contribution in [2.45, 2.75) is 68.8 Å². The Labute approximate surface area is 224 Å². The second kappa shape index (κ2) is 11.0. The molecule has 4 N–H and O–H groups in total. The minimum absolute atomic E-state index is 0.0646. The highest BCUT2D eigenvalue weighted by Gasteiger charge is 2.62. The van der Waals surface area contributed by atoms with Gasteiger partial charge in [0.1, 0.15) is 24.6 Å². The molecule has 2 heterocycles. The molecular formula is C25H29F2N4O7P. The Bertz CT molecular complexity index is 1180. The number of rotatable bonds is 11. The van der Waals surface area contributed by atoms with Crippen LogP contribution < -0.4 is 10.8 Å². The van der Waals surface area contributed by atoms with Crippen molar-refractivity contribution in [1.29, 1.82) is 0 Å². The lowest BCUT2D eigenvalue weighted by atomic mass is 9.52. The van der Waals surface area contributed by atoms with Crippen molar-refractivity contribution in [2.75, 3.05) is 6.61 Å². The Hall–Kier alpha value is -2.76.